The van der Waals surface area contributed by atoms with E-state index in [9.17, 15) is 0 Å². The Morgan fingerprint density at radius 1 is 0.593 bits per heavy atom. The third-order valence-corrected chi connectivity index (χ3v) is 5.48. The fourth-order valence-electron chi connectivity index (χ4n) is 3.72. The highest BCUT2D eigenvalue weighted by molar-refractivity contribution is 6.36. The third-order valence-electron chi connectivity index (χ3n) is 4.93. The van der Waals surface area contributed by atoms with Crippen LogP contribution in [-0.4, -0.2) is 4.57 Å². The molecule has 0 unspecified atom stereocenters. The molecule has 0 N–H and O–H groups in total. The minimum absolute atomic E-state index is 0.644. The summed E-state index contributed by atoms with van der Waals surface area (Å²) in [5.74, 6) is 0. The van der Waals surface area contributed by atoms with Crippen molar-refractivity contribution in [2.45, 2.75) is 0 Å². The molecular weight excluding hydrogens is 373 g/mol. The summed E-state index contributed by atoms with van der Waals surface area (Å²) in [4.78, 5) is 0. The molecule has 5 aromatic rings. The van der Waals surface area contributed by atoms with Crippen molar-refractivity contribution >= 4 is 45.0 Å². The Morgan fingerprint density at radius 2 is 1.33 bits per heavy atom. The molecule has 1 aromatic heterocycles. The first-order valence-corrected chi connectivity index (χ1v) is 9.52. The van der Waals surface area contributed by atoms with Crippen molar-refractivity contribution in [2.24, 2.45) is 0 Å². The van der Waals surface area contributed by atoms with Crippen molar-refractivity contribution in [2.75, 3.05) is 0 Å². The van der Waals surface area contributed by atoms with Crippen LogP contribution in [0.1, 0.15) is 0 Å². The van der Waals surface area contributed by atoms with Gasteiger partial charge >= 0.3 is 0 Å². The summed E-state index contributed by atoms with van der Waals surface area (Å²) in [6.07, 6.45) is 0. The number of benzene rings is 4. The van der Waals surface area contributed by atoms with Gasteiger partial charge < -0.3 is 4.57 Å². The van der Waals surface area contributed by atoms with E-state index in [-0.39, 0.29) is 0 Å². The summed E-state index contributed by atoms with van der Waals surface area (Å²) >= 11 is 12.5. The molecule has 0 aliphatic carbocycles. The van der Waals surface area contributed by atoms with Gasteiger partial charge in [0.15, 0.2) is 0 Å². The van der Waals surface area contributed by atoms with E-state index in [1.54, 1.807) is 6.07 Å². The van der Waals surface area contributed by atoms with E-state index < -0.39 is 0 Å². The lowest BCUT2D eigenvalue weighted by atomic mass is 10.0. The van der Waals surface area contributed by atoms with Crippen LogP contribution in [0.3, 0.4) is 0 Å². The maximum Gasteiger partial charge on any atom is 0.0541 e. The van der Waals surface area contributed by atoms with Gasteiger partial charge in [0.05, 0.1) is 11.0 Å². The van der Waals surface area contributed by atoms with Crippen molar-refractivity contribution < 1.29 is 0 Å². The second-order valence-electron chi connectivity index (χ2n) is 6.54. The van der Waals surface area contributed by atoms with Gasteiger partial charge in [0, 0.05) is 32.1 Å². The predicted molar refractivity (Wildman–Crippen MR) is 116 cm³/mol. The Morgan fingerprint density at radius 3 is 2.15 bits per heavy atom. The van der Waals surface area contributed by atoms with Crippen LogP contribution in [0.5, 0.6) is 0 Å². The molecule has 1 nitrogen and oxygen atoms in total. The van der Waals surface area contributed by atoms with E-state index in [4.69, 9.17) is 23.2 Å². The minimum atomic E-state index is 0.644. The number of hydrogen-bond acceptors (Lipinski definition) is 0. The standard InChI is InChI=1S/C24H15Cl2N/c25-17-11-12-19(22(26)15-17)16-10-13-24-21(14-16)20-8-4-5-9-23(20)27(24)18-6-2-1-3-7-18/h1-15H. The SMILES string of the molecule is Clc1ccc(-c2ccc3c(c2)c2ccccc2n3-c2ccccc2)c(Cl)c1. The first kappa shape index (κ1) is 16.4. The van der Waals surface area contributed by atoms with Gasteiger partial charge in [-0.3, -0.25) is 0 Å². The molecule has 0 amide bonds. The largest absolute Gasteiger partial charge is 0.309 e. The molecule has 27 heavy (non-hydrogen) atoms. The van der Waals surface area contributed by atoms with Crippen molar-refractivity contribution in [1.29, 1.82) is 0 Å². The van der Waals surface area contributed by atoms with Crippen molar-refractivity contribution in [3.63, 3.8) is 0 Å². The lowest BCUT2D eigenvalue weighted by Crippen LogP contribution is -1.92. The Kier molecular flexibility index (Phi) is 3.93. The van der Waals surface area contributed by atoms with Crippen LogP contribution in [0.2, 0.25) is 10.0 Å². The first-order valence-electron chi connectivity index (χ1n) is 8.76. The summed E-state index contributed by atoms with van der Waals surface area (Å²) in [7, 11) is 0. The van der Waals surface area contributed by atoms with E-state index >= 15 is 0 Å². The average Bonchev–Trinajstić information content (AvgIpc) is 3.02. The monoisotopic (exact) mass is 387 g/mol. The number of hydrogen-bond donors (Lipinski definition) is 0. The number of para-hydroxylation sites is 2. The first-order chi connectivity index (χ1) is 13.2. The Balaban J connectivity index is 1.83. The zero-order valence-corrected chi connectivity index (χ0v) is 15.9. The summed E-state index contributed by atoms with van der Waals surface area (Å²) in [6.45, 7) is 0. The van der Waals surface area contributed by atoms with E-state index in [1.165, 1.54) is 21.8 Å². The molecule has 4 aromatic carbocycles. The van der Waals surface area contributed by atoms with E-state index in [0.717, 1.165) is 16.8 Å². The fourth-order valence-corrected chi connectivity index (χ4v) is 4.24. The third kappa shape index (κ3) is 2.71. The summed E-state index contributed by atoms with van der Waals surface area (Å²) in [5.41, 5.74) is 5.59. The highest BCUT2D eigenvalue weighted by atomic mass is 35.5. The molecule has 0 aliphatic rings. The molecule has 0 aliphatic heterocycles. The molecule has 0 fully saturated rings. The van der Waals surface area contributed by atoms with Crippen molar-refractivity contribution in [3.8, 4) is 16.8 Å². The maximum atomic E-state index is 6.44. The van der Waals surface area contributed by atoms with E-state index in [2.05, 4.69) is 71.3 Å². The highest BCUT2D eigenvalue weighted by Crippen LogP contribution is 2.37. The van der Waals surface area contributed by atoms with E-state index in [1.807, 2.05) is 18.2 Å². The zero-order valence-electron chi connectivity index (χ0n) is 14.4. The molecule has 0 saturated heterocycles. The maximum absolute atomic E-state index is 6.44. The second-order valence-corrected chi connectivity index (χ2v) is 7.39. The zero-order chi connectivity index (χ0) is 18.4. The highest BCUT2D eigenvalue weighted by Gasteiger charge is 2.13. The molecule has 130 valence electrons. The van der Waals surface area contributed by atoms with Crippen LogP contribution in [0.15, 0.2) is 91.0 Å². The lowest BCUT2D eigenvalue weighted by molar-refractivity contribution is 1.18. The van der Waals surface area contributed by atoms with Crippen molar-refractivity contribution in [3.05, 3.63) is 101 Å². The number of nitrogens with zero attached hydrogens (tertiary/aromatic N) is 1. The summed E-state index contributed by atoms with van der Waals surface area (Å²) in [5, 5.41) is 3.74. The van der Waals surface area contributed by atoms with Crippen LogP contribution in [0.25, 0.3) is 38.6 Å². The van der Waals surface area contributed by atoms with Gasteiger partial charge in [-0.25, -0.2) is 0 Å². The number of halogens is 2. The van der Waals surface area contributed by atoms with Gasteiger partial charge in [-0.15, -0.1) is 0 Å². The predicted octanol–water partition coefficient (Wildman–Crippen LogP) is 7.76. The van der Waals surface area contributed by atoms with E-state index in [0.29, 0.717) is 10.0 Å². The van der Waals surface area contributed by atoms with Gasteiger partial charge in [-0.05, 0) is 48.0 Å². The molecule has 0 saturated carbocycles. The Labute approximate surface area is 167 Å². The van der Waals surface area contributed by atoms with Crippen LogP contribution in [-0.2, 0) is 0 Å². The summed E-state index contributed by atoms with van der Waals surface area (Å²) < 4.78 is 2.30. The van der Waals surface area contributed by atoms with Gasteiger partial charge in [0.25, 0.3) is 0 Å². The van der Waals surface area contributed by atoms with Gasteiger partial charge in [0.2, 0.25) is 0 Å². The smallest absolute Gasteiger partial charge is 0.0541 e. The molecule has 5 rings (SSSR count). The van der Waals surface area contributed by atoms with Gasteiger partial charge in [-0.1, -0.05) is 71.7 Å². The molecule has 1 heterocycles. The molecule has 0 bridgehead atoms. The van der Waals surface area contributed by atoms with Crippen LogP contribution < -0.4 is 0 Å². The fraction of sp³-hybridized carbons (Fsp3) is 0. The minimum Gasteiger partial charge on any atom is -0.309 e. The second kappa shape index (κ2) is 6.45. The molecule has 0 atom stereocenters. The average molecular weight is 388 g/mol. The van der Waals surface area contributed by atoms with Crippen molar-refractivity contribution in [1.82, 2.24) is 4.57 Å². The van der Waals surface area contributed by atoms with Gasteiger partial charge in [-0.2, -0.15) is 0 Å². The normalized spacial score (nSPS) is 11.3. The lowest BCUT2D eigenvalue weighted by Gasteiger charge is -2.09. The van der Waals surface area contributed by atoms with Crippen LogP contribution in [0, 0.1) is 0 Å². The van der Waals surface area contributed by atoms with Crippen LogP contribution in [0.4, 0.5) is 0 Å². The number of fused-ring (bicyclic) bond motifs is 3. The number of rotatable bonds is 2. The molecule has 0 radical (unpaired) electrons. The Hall–Kier alpha value is -2.74. The summed E-state index contributed by atoms with van der Waals surface area (Å²) in [6, 6.07) is 31.1. The quantitative estimate of drug-likeness (QED) is 0.291. The number of aromatic nitrogens is 1. The van der Waals surface area contributed by atoms with Crippen LogP contribution >= 0.6 is 23.2 Å². The Bertz CT molecular complexity index is 1290. The topological polar surface area (TPSA) is 4.93 Å². The van der Waals surface area contributed by atoms with Gasteiger partial charge in [0.1, 0.15) is 0 Å². The molecular formula is C24H15Cl2N. The molecule has 3 heteroatoms. The molecule has 0 spiro atoms.